The number of anilines is 2. The number of nitrogens with zero attached hydrogens (tertiary/aromatic N) is 3. The van der Waals surface area contributed by atoms with E-state index >= 15 is 0 Å². The van der Waals surface area contributed by atoms with Crippen LogP contribution < -0.4 is 5.32 Å². The van der Waals surface area contributed by atoms with Gasteiger partial charge in [0.1, 0.15) is 5.82 Å². The van der Waals surface area contributed by atoms with Gasteiger partial charge >= 0.3 is 0 Å². The number of amides is 1. The van der Waals surface area contributed by atoms with E-state index in [4.69, 9.17) is 4.98 Å². The molecule has 152 valence electrons. The number of pyridine rings is 1. The molecule has 1 saturated heterocycles. The lowest BCUT2D eigenvalue weighted by Crippen LogP contribution is -2.32. The molecule has 2 N–H and O–H groups in total. The predicted octanol–water partition coefficient (Wildman–Crippen LogP) is 4.98. The second-order valence-electron chi connectivity index (χ2n) is 7.65. The van der Waals surface area contributed by atoms with E-state index in [0.29, 0.717) is 6.42 Å². The number of aromatic amines is 1. The molecule has 1 atom stereocenters. The molecule has 0 radical (unpaired) electrons. The molecule has 1 aromatic carbocycles. The van der Waals surface area contributed by atoms with Crippen molar-refractivity contribution in [3.05, 3.63) is 71.0 Å². The van der Waals surface area contributed by atoms with Crippen molar-refractivity contribution < 1.29 is 4.79 Å². The molecule has 3 aromatic heterocycles. The minimum absolute atomic E-state index is 0.0162. The van der Waals surface area contributed by atoms with Gasteiger partial charge in [0.2, 0.25) is 5.91 Å². The van der Waals surface area contributed by atoms with Crippen LogP contribution in [-0.4, -0.2) is 32.3 Å². The number of hydrogen-bond donors (Lipinski definition) is 2. The van der Waals surface area contributed by atoms with Crippen LogP contribution in [-0.2, 0) is 11.2 Å². The van der Waals surface area contributed by atoms with Gasteiger partial charge in [-0.25, -0.2) is 9.97 Å². The van der Waals surface area contributed by atoms with Crippen LogP contribution in [0.4, 0.5) is 10.9 Å². The van der Waals surface area contributed by atoms with Crippen molar-refractivity contribution in [2.45, 2.75) is 32.2 Å². The Hall–Kier alpha value is -3.19. The molecule has 0 spiro atoms. The van der Waals surface area contributed by atoms with Crippen molar-refractivity contribution >= 4 is 39.1 Å². The van der Waals surface area contributed by atoms with Crippen LogP contribution >= 0.6 is 11.3 Å². The minimum Gasteiger partial charge on any atom is -0.361 e. The number of carbonyl (C=O) groups is 1. The second kappa shape index (κ2) is 7.91. The summed E-state index contributed by atoms with van der Waals surface area (Å²) in [6, 6.07) is 14.1. The van der Waals surface area contributed by atoms with Crippen molar-refractivity contribution in [2.24, 2.45) is 0 Å². The van der Waals surface area contributed by atoms with Crippen molar-refractivity contribution in [2.75, 3.05) is 11.9 Å². The Balaban J connectivity index is 1.34. The summed E-state index contributed by atoms with van der Waals surface area (Å²) in [4.78, 5) is 27.7. The van der Waals surface area contributed by atoms with Crippen LogP contribution in [0.2, 0.25) is 0 Å². The Bertz CT molecular complexity index is 1200. The van der Waals surface area contributed by atoms with E-state index < -0.39 is 0 Å². The van der Waals surface area contributed by atoms with Crippen LogP contribution in [0.1, 0.15) is 35.8 Å². The van der Waals surface area contributed by atoms with Gasteiger partial charge < -0.3 is 15.2 Å². The lowest BCUT2D eigenvalue weighted by atomic mass is 10.1. The summed E-state index contributed by atoms with van der Waals surface area (Å²) in [5.74, 6) is 0.913. The fraction of sp³-hybridized carbons (Fsp3) is 0.261. The van der Waals surface area contributed by atoms with E-state index in [-0.39, 0.29) is 11.9 Å². The molecule has 0 bridgehead atoms. The van der Waals surface area contributed by atoms with Crippen molar-refractivity contribution in [3.8, 4) is 0 Å². The number of thiazole rings is 1. The number of para-hydroxylation sites is 1. The fourth-order valence-corrected chi connectivity index (χ4v) is 4.84. The summed E-state index contributed by atoms with van der Waals surface area (Å²) in [6.45, 7) is 2.75. The van der Waals surface area contributed by atoms with Gasteiger partial charge in [0.25, 0.3) is 0 Å². The SMILES string of the molecule is Cc1csc(Nc2cccc(C3CCCN3C(=O)Cc3c[nH]c4ccccc34)n2)n1. The first-order valence-corrected chi connectivity index (χ1v) is 11.1. The zero-order chi connectivity index (χ0) is 20.5. The monoisotopic (exact) mass is 417 g/mol. The summed E-state index contributed by atoms with van der Waals surface area (Å²) in [7, 11) is 0. The number of aromatic nitrogens is 3. The summed E-state index contributed by atoms with van der Waals surface area (Å²) in [5.41, 5.74) is 4.03. The first-order valence-electron chi connectivity index (χ1n) is 10.2. The highest BCUT2D eigenvalue weighted by Gasteiger charge is 2.31. The zero-order valence-electron chi connectivity index (χ0n) is 16.8. The molecule has 7 heteroatoms. The highest BCUT2D eigenvalue weighted by molar-refractivity contribution is 7.13. The van der Waals surface area contributed by atoms with E-state index in [0.717, 1.165) is 58.2 Å². The average molecular weight is 418 g/mol. The van der Waals surface area contributed by atoms with Gasteiger partial charge in [-0.15, -0.1) is 11.3 Å². The fourth-order valence-electron chi connectivity index (χ4n) is 4.14. The van der Waals surface area contributed by atoms with Crippen LogP contribution in [0.5, 0.6) is 0 Å². The smallest absolute Gasteiger partial charge is 0.227 e. The summed E-state index contributed by atoms with van der Waals surface area (Å²) < 4.78 is 0. The lowest BCUT2D eigenvalue weighted by molar-refractivity contribution is -0.131. The maximum Gasteiger partial charge on any atom is 0.227 e. The van der Waals surface area contributed by atoms with Gasteiger partial charge in [-0.1, -0.05) is 24.3 Å². The van der Waals surface area contributed by atoms with Gasteiger partial charge in [0.05, 0.1) is 23.9 Å². The van der Waals surface area contributed by atoms with Crippen LogP contribution in [0.25, 0.3) is 10.9 Å². The molecule has 1 fully saturated rings. The van der Waals surface area contributed by atoms with Crippen LogP contribution in [0, 0.1) is 6.92 Å². The molecule has 30 heavy (non-hydrogen) atoms. The molecule has 0 saturated carbocycles. The van der Waals surface area contributed by atoms with Crippen molar-refractivity contribution in [1.29, 1.82) is 0 Å². The molecule has 0 aliphatic carbocycles. The first kappa shape index (κ1) is 18.8. The molecule has 5 rings (SSSR count). The van der Waals surface area contributed by atoms with Gasteiger partial charge in [0, 0.05) is 29.0 Å². The largest absolute Gasteiger partial charge is 0.361 e. The molecule has 1 amide bonds. The number of likely N-dealkylation sites (tertiary alicyclic amines) is 1. The maximum atomic E-state index is 13.2. The van der Waals surface area contributed by atoms with E-state index in [1.807, 2.05) is 59.8 Å². The van der Waals surface area contributed by atoms with E-state index in [2.05, 4.69) is 21.4 Å². The average Bonchev–Trinajstić information content (AvgIpc) is 3.49. The van der Waals surface area contributed by atoms with E-state index in [9.17, 15) is 4.79 Å². The number of carbonyl (C=O) groups excluding carboxylic acids is 1. The molecule has 6 nitrogen and oxygen atoms in total. The highest BCUT2D eigenvalue weighted by Crippen LogP contribution is 2.33. The Morgan fingerprint density at radius 1 is 1.23 bits per heavy atom. The Morgan fingerprint density at radius 3 is 3.00 bits per heavy atom. The summed E-state index contributed by atoms with van der Waals surface area (Å²) >= 11 is 1.56. The molecule has 4 aromatic rings. The van der Waals surface area contributed by atoms with Crippen molar-refractivity contribution in [1.82, 2.24) is 19.9 Å². The molecule has 1 aliphatic heterocycles. The van der Waals surface area contributed by atoms with E-state index in [1.165, 1.54) is 0 Å². The van der Waals surface area contributed by atoms with Gasteiger partial charge in [-0.2, -0.15) is 0 Å². The van der Waals surface area contributed by atoms with Crippen LogP contribution in [0.15, 0.2) is 54.0 Å². The highest BCUT2D eigenvalue weighted by atomic mass is 32.1. The lowest BCUT2D eigenvalue weighted by Gasteiger charge is -2.24. The maximum absolute atomic E-state index is 13.2. The summed E-state index contributed by atoms with van der Waals surface area (Å²) in [6.07, 6.45) is 4.28. The number of rotatable bonds is 5. The predicted molar refractivity (Wildman–Crippen MR) is 120 cm³/mol. The van der Waals surface area contributed by atoms with Crippen LogP contribution in [0.3, 0.4) is 0 Å². The van der Waals surface area contributed by atoms with E-state index in [1.54, 1.807) is 11.3 Å². The number of H-pyrrole nitrogens is 1. The molecule has 1 aliphatic rings. The molecule has 4 heterocycles. The first-order chi connectivity index (χ1) is 14.7. The number of aryl methyl sites for hydroxylation is 1. The summed E-state index contributed by atoms with van der Waals surface area (Å²) in [5, 5.41) is 7.23. The number of hydrogen-bond acceptors (Lipinski definition) is 5. The standard InChI is InChI=1S/C23H23N5OS/c1-15-14-30-23(25-15)27-21-10-4-8-19(26-21)20-9-5-11-28(20)22(29)12-16-13-24-18-7-3-2-6-17(16)18/h2-4,6-8,10,13-14,20,24H,5,9,11-12H2,1H3,(H,25,26,27). The third-order valence-corrected chi connectivity index (χ3v) is 6.43. The Labute approximate surface area is 179 Å². The quantitative estimate of drug-likeness (QED) is 0.480. The molecular weight excluding hydrogens is 394 g/mol. The minimum atomic E-state index is 0.0162. The van der Waals surface area contributed by atoms with Crippen molar-refractivity contribution in [3.63, 3.8) is 0 Å². The van der Waals surface area contributed by atoms with Gasteiger partial charge in [-0.3, -0.25) is 4.79 Å². The Morgan fingerprint density at radius 2 is 2.13 bits per heavy atom. The number of benzene rings is 1. The number of fused-ring (bicyclic) bond motifs is 1. The normalized spacial score (nSPS) is 16.3. The molecular formula is C23H23N5OS. The third kappa shape index (κ3) is 3.68. The van der Waals surface area contributed by atoms with Gasteiger partial charge in [-0.05, 0) is 43.5 Å². The molecule has 1 unspecified atom stereocenters. The second-order valence-corrected chi connectivity index (χ2v) is 8.51. The third-order valence-electron chi connectivity index (χ3n) is 5.56. The number of nitrogens with one attached hydrogen (secondary N) is 2. The zero-order valence-corrected chi connectivity index (χ0v) is 17.6. The Kier molecular flexibility index (Phi) is 4.96. The topological polar surface area (TPSA) is 73.9 Å². The van der Waals surface area contributed by atoms with Gasteiger partial charge in [0.15, 0.2) is 5.13 Å².